The van der Waals surface area contributed by atoms with E-state index in [0.717, 1.165) is 49.6 Å². The number of thioether (sulfide) groups is 1. The van der Waals surface area contributed by atoms with Gasteiger partial charge in [-0.05, 0) is 36.5 Å². The lowest BCUT2D eigenvalue weighted by molar-refractivity contribution is -0.144. The highest BCUT2D eigenvalue weighted by Gasteiger charge is 2.54. The Morgan fingerprint density at radius 3 is 2.81 bits per heavy atom. The summed E-state index contributed by atoms with van der Waals surface area (Å²) in [6.45, 7) is 8.20. The zero-order valence-corrected chi connectivity index (χ0v) is 18.1. The zero-order valence-electron chi connectivity index (χ0n) is 16.5. The summed E-state index contributed by atoms with van der Waals surface area (Å²) in [5.74, 6) is 2.50. The lowest BCUT2D eigenvalue weighted by Crippen LogP contribution is -2.54. The Bertz CT molecular complexity index is 718. The third kappa shape index (κ3) is 3.29. The zero-order chi connectivity index (χ0) is 19.3. The minimum Gasteiger partial charge on any atom is -0.392 e. The Kier molecular flexibility index (Phi) is 5.23. The van der Waals surface area contributed by atoms with Crippen molar-refractivity contribution in [1.82, 2.24) is 9.88 Å². The molecule has 0 aromatic carbocycles. The summed E-state index contributed by atoms with van der Waals surface area (Å²) in [6, 6.07) is 0. The maximum Gasteiger partial charge on any atom is 0.225 e. The summed E-state index contributed by atoms with van der Waals surface area (Å²) in [5, 5.41) is 12.1. The number of rotatable bonds is 2. The van der Waals surface area contributed by atoms with Crippen LogP contribution in [0.1, 0.15) is 50.1 Å². The van der Waals surface area contributed by atoms with Gasteiger partial charge in [0.2, 0.25) is 5.91 Å². The number of anilines is 1. The molecular weight excluding hydrogens is 378 g/mol. The molecule has 7 heteroatoms. The summed E-state index contributed by atoms with van der Waals surface area (Å²) in [5.41, 5.74) is 7.12. The van der Waals surface area contributed by atoms with Crippen LogP contribution in [0.25, 0.3) is 0 Å². The summed E-state index contributed by atoms with van der Waals surface area (Å²) >= 11 is 3.52. The van der Waals surface area contributed by atoms with Crippen LogP contribution in [0.2, 0.25) is 0 Å². The molecule has 1 aromatic heterocycles. The van der Waals surface area contributed by atoms with Crippen LogP contribution in [0.5, 0.6) is 0 Å². The topological polar surface area (TPSA) is 79.5 Å². The predicted octanol–water partition coefficient (Wildman–Crippen LogP) is 2.99. The van der Waals surface area contributed by atoms with Crippen LogP contribution >= 0.6 is 23.1 Å². The molecule has 150 valence electrons. The van der Waals surface area contributed by atoms with E-state index in [4.69, 9.17) is 5.73 Å². The molecule has 3 aliphatic rings. The maximum atomic E-state index is 13.0. The first-order valence-electron chi connectivity index (χ1n) is 10.1. The second-order valence-electron chi connectivity index (χ2n) is 8.93. The van der Waals surface area contributed by atoms with Crippen molar-refractivity contribution in [2.45, 2.75) is 52.1 Å². The van der Waals surface area contributed by atoms with E-state index >= 15 is 0 Å². The smallest absolute Gasteiger partial charge is 0.225 e. The van der Waals surface area contributed by atoms with Crippen LogP contribution in [0, 0.1) is 23.2 Å². The van der Waals surface area contributed by atoms with E-state index < -0.39 is 6.10 Å². The normalized spacial score (nSPS) is 37.4. The average molecular weight is 410 g/mol. The molecule has 27 heavy (non-hydrogen) atoms. The SMILES string of the molecule is C[C@H](C(=O)N1CCSCC1)C1CC[C@@]2(C)Cc3sc(N)nc3[C@@H](C)[C@@H]2[C@H]1O. The van der Waals surface area contributed by atoms with Gasteiger partial charge in [0.15, 0.2) is 5.13 Å². The number of carbonyl (C=O) groups excluding carboxylic acids is 1. The highest BCUT2D eigenvalue weighted by Crippen LogP contribution is 2.57. The summed E-state index contributed by atoms with van der Waals surface area (Å²) in [4.78, 5) is 20.9. The third-order valence-corrected chi connectivity index (χ3v) is 9.14. The molecule has 0 radical (unpaired) electrons. The third-order valence-electron chi connectivity index (χ3n) is 7.29. The van der Waals surface area contributed by atoms with Gasteiger partial charge < -0.3 is 15.7 Å². The molecule has 2 heterocycles. The molecule has 2 aliphatic carbocycles. The molecule has 0 bridgehead atoms. The molecule has 1 aromatic rings. The monoisotopic (exact) mass is 409 g/mol. The van der Waals surface area contributed by atoms with Crippen molar-refractivity contribution in [3.05, 3.63) is 10.6 Å². The fourth-order valence-corrected chi connectivity index (χ4v) is 7.86. The average Bonchev–Trinajstić information content (AvgIpc) is 3.01. The van der Waals surface area contributed by atoms with Gasteiger partial charge in [-0.1, -0.05) is 20.8 Å². The molecule has 4 rings (SSSR count). The molecular formula is C20H31N3O2S2. The van der Waals surface area contributed by atoms with Crippen LogP contribution in [-0.2, 0) is 11.2 Å². The number of hydrogen-bond donors (Lipinski definition) is 2. The number of thiazole rings is 1. The van der Waals surface area contributed by atoms with Crippen LogP contribution in [-0.4, -0.2) is 51.6 Å². The van der Waals surface area contributed by atoms with Crippen molar-refractivity contribution in [1.29, 1.82) is 0 Å². The lowest BCUT2D eigenvalue weighted by Gasteiger charge is -2.53. The Morgan fingerprint density at radius 1 is 1.41 bits per heavy atom. The van der Waals surface area contributed by atoms with E-state index in [-0.39, 0.29) is 35.0 Å². The van der Waals surface area contributed by atoms with E-state index in [1.54, 1.807) is 11.3 Å². The molecule has 1 unspecified atom stereocenters. The number of nitrogens with zero attached hydrogens (tertiary/aromatic N) is 2. The van der Waals surface area contributed by atoms with Gasteiger partial charge in [0, 0.05) is 41.3 Å². The van der Waals surface area contributed by atoms with Crippen LogP contribution in [0.3, 0.4) is 0 Å². The maximum absolute atomic E-state index is 13.0. The van der Waals surface area contributed by atoms with Gasteiger partial charge in [0.1, 0.15) is 0 Å². The second-order valence-corrected chi connectivity index (χ2v) is 11.3. The Labute approximate surface area is 170 Å². The Hall–Kier alpha value is -0.790. The molecule has 5 nitrogen and oxygen atoms in total. The van der Waals surface area contributed by atoms with Gasteiger partial charge in [-0.3, -0.25) is 4.79 Å². The number of carbonyl (C=O) groups is 1. The number of aromatic nitrogens is 1. The molecule has 2 fully saturated rings. The number of aliphatic hydroxyl groups is 1. The molecule has 1 aliphatic heterocycles. The van der Waals surface area contributed by atoms with Crippen molar-refractivity contribution < 1.29 is 9.90 Å². The van der Waals surface area contributed by atoms with Crippen LogP contribution < -0.4 is 5.73 Å². The van der Waals surface area contributed by atoms with Crippen molar-refractivity contribution in [3.63, 3.8) is 0 Å². The standard InChI is InChI=1S/C20H31N3O2S2/c1-11(18(25)23-6-8-26-9-7-23)13-4-5-20(3)10-14-16(22-19(21)27-14)12(2)15(20)17(13)24/h11-13,15,17,24H,4-10H2,1-3H3,(H2,21,22)/t11-,12-,13?,15+,17-,20-/m0/s1. The van der Waals surface area contributed by atoms with Crippen molar-refractivity contribution in [3.8, 4) is 0 Å². The van der Waals surface area contributed by atoms with Crippen LogP contribution in [0.15, 0.2) is 0 Å². The fourth-order valence-electron chi connectivity index (χ4n) is 5.82. The summed E-state index contributed by atoms with van der Waals surface area (Å²) in [7, 11) is 0. The number of nitrogens with two attached hydrogens (primary N) is 1. The van der Waals surface area contributed by atoms with Crippen molar-refractivity contribution >= 4 is 34.1 Å². The van der Waals surface area contributed by atoms with Crippen LogP contribution in [0.4, 0.5) is 5.13 Å². The molecule has 1 saturated carbocycles. The highest BCUT2D eigenvalue weighted by atomic mass is 32.2. The first kappa shape index (κ1) is 19.5. The van der Waals surface area contributed by atoms with Gasteiger partial charge in [0.25, 0.3) is 0 Å². The number of fused-ring (bicyclic) bond motifs is 2. The van der Waals surface area contributed by atoms with E-state index in [2.05, 4.69) is 18.8 Å². The van der Waals surface area contributed by atoms with Crippen molar-refractivity contribution in [2.75, 3.05) is 30.3 Å². The molecule has 6 atom stereocenters. The number of hydrogen-bond acceptors (Lipinski definition) is 6. The van der Waals surface area contributed by atoms with Gasteiger partial charge in [-0.2, -0.15) is 11.8 Å². The first-order valence-corrected chi connectivity index (χ1v) is 12.1. The molecule has 3 N–H and O–H groups in total. The minimum atomic E-state index is -0.465. The largest absolute Gasteiger partial charge is 0.392 e. The molecule has 1 saturated heterocycles. The Balaban J connectivity index is 1.56. The first-order chi connectivity index (χ1) is 12.8. The number of aliphatic hydroxyl groups excluding tert-OH is 1. The van der Waals surface area contributed by atoms with E-state index in [1.165, 1.54) is 4.88 Å². The van der Waals surface area contributed by atoms with Gasteiger partial charge in [0.05, 0.1) is 11.8 Å². The van der Waals surface area contributed by atoms with E-state index in [9.17, 15) is 9.90 Å². The molecule has 1 amide bonds. The summed E-state index contributed by atoms with van der Waals surface area (Å²) in [6.07, 6.45) is 2.45. The van der Waals surface area contributed by atoms with E-state index in [1.807, 2.05) is 23.6 Å². The number of amides is 1. The molecule has 0 spiro atoms. The minimum absolute atomic E-state index is 0.0325. The lowest BCUT2D eigenvalue weighted by atomic mass is 9.53. The van der Waals surface area contributed by atoms with Gasteiger partial charge in [-0.15, -0.1) is 11.3 Å². The Morgan fingerprint density at radius 2 is 2.11 bits per heavy atom. The highest BCUT2D eigenvalue weighted by molar-refractivity contribution is 7.99. The fraction of sp³-hybridized carbons (Fsp3) is 0.800. The predicted molar refractivity (Wildman–Crippen MR) is 112 cm³/mol. The summed E-state index contributed by atoms with van der Waals surface area (Å²) < 4.78 is 0. The van der Waals surface area contributed by atoms with Gasteiger partial charge >= 0.3 is 0 Å². The van der Waals surface area contributed by atoms with Crippen molar-refractivity contribution in [2.24, 2.45) is 23.2 Å². The number of nitrogen functional groups attached to an aromatic ring is 1. The quantitative estimate of drug-likeness (QED) is 0.785. The second kappa shape index (κ2) is 7.23. The van der Waals surface area contributed by atoms with E-state index in [0.29, 0.717) is 5.13 Å². The van der Waals surface area contributed by atoms with Gasteiger partial charge in [-0.25, -0.2) is 4.98 Å².